The van der Waals surface area contributed by atoms with Crippen molar-refractivity contribution in [3.8, 4) is 0 Å². The summed E-state index contributed by atoms with van der Waals surface area (Å²) in [5, 5.41) is 0. The maximum Gasteiger partial charge on any atom is 0.0101 e. The minimum absolute atomic E-state index is 0.867. The molecule has 0 unspecified atom stereocenters. The summed E-state index contributed by atoms with van der Waals surface area (Å²) in [4.78, 5) is 2.72. The van der Waals surface area contributed by atoms with E-state index in [0.29, 0.717) is 0 Å². The van der Waals surface area contributed by atoms with Crippen molar-refractivity contribution in [2.75, 3.05) is 6.54 Å². The number of rotatable bonds is 0. The Labute approximate surface area is 69.8 Å². The van der Waals surface area contributed by atoms with E-state index in [1.807, 2.05) is 0 Å². The quantitative estimate of drug-likeness (QED) is 0.516. The van der Waals surface area contributed by atoms with Crippen LogP contribution in [-0.4, -0.2) is 23.5 Å². The van der Waals surface area contributed by atoms with Gasteiger partial charge >= 0.3 is 0 Å². The van der Waals surface area contributed by atoms with Crippen LogP contribution in [0.1, 0.15) is 39.5 Å². The van der Waals surface area contributed by atoms with Crippen LogP contribution < -0.4 is 0 Å². The van der Waals surface area contributed by atoms with Crippen LogP contribution >= 0.6 is 0 Å². The SMILES string of the molecule is C[C@@H]1C[C@H]2CCCN2[C@H](C)C1. The number of piperidine rings is 1. The molecule has 0 amide bonds. The Morgan fingerprint density at radius 2 is 2.00 bits per heavy atom. The fourth-order valence-corrected chi connectivity index (χ4v) is 2.97. The summed E-state index contributed by atoms with van der Waals surface area (Å²) in [5.74, 6) is 0.976. The standard InChI is InChI=1S/C10H19N/c1-8-6-9(2)11-5-3-4-10(11)7-8/h8-10H,3-7H2,1-2H3/t8-,9+,10+/m0/s1. The lowest BCUT2D eigenvalue weighted by molar-refractivity contribution is 0.103. The predicted molar refractivity (Wildman–Crippen MR) is 47.6 cm³/mol. The normalized spacial score (nSPS) is 45.8. The molecule has 0 spiro atoms. The van der Waals surface area contributed by atoms with Crippen LogP contribution in [-0.2, 0) is 0 Å². The first-order chi connectivity index (χ1) is 5.27. The van der Waals surface area contributed by atoms with Gasteiger partial charge in [-0.1, -0.05) is 6.92 Å². The monoisotopic (exact) mass is 153 g/mol. The minimum Gasteiger partial charge on any atom is -0.298 e. The number of nitrogens with zero attached hydrogens (tertiary/aromatic N) is 1. The zero-order chi connectivity index (χ0) is 7.84. The third-order valence-corrected chi connectivity index (χ3v) is 3.41. The van der Waals surface area contributed by atoms with Gasteiger partial charge in [0.05, 0.1) is 0 Å². The molecule has 2 rings (SSSR count). The summed E-state index contributed by atoms with van der Waals surface area (Å²) in [7, 11) is 0. The Balaban J connectivity index is 2.04. The van der Waals surface area contributed by atoms with Crippen molar-refractivity contribution in [1.82, 2.24) is 4.90 Å². The van der Waals surface area contributed by atoms with E-state index in [4.69, 9.17) is 0 Å². The lowest BCUT2D eigenvalue weighted by Gasteiger charge is -2.38. The highest BCUT2D eigenvalue weighted by molar-refractivity contribution is 4.89. The van der Waals surface area contributed by atoms with E-state index in [9.17, 15) is 0 Å². The van der Waals surface area contributed by atoms with Gasteiger partial charge in [0, 0.05) is 12.1 Å². The summed E-state index contributed by atoms with van der Waals surface area (Å²) in [6, 6.07) is 1.82. The second kappa shape index (κ2) is 2.78. The van der Waals surface area contributed by atoms with Gasteiger partial charge < -0.3 is 0 Å². The predicted octanol–water partition coefficient (Wildman–Crippen LogP) is 2.27. The van der Waals surface area contributed by atoms with Gasteiger partial charge in [0.1, 0.15) is 0 Å². The third kappa shape index (κ3) is 1.31. The first-order valence-electron chi connectivity index (χ1n) is 5.03. The molecule has 1 heteroatoms. The second-order valence-corrected chi connectivity index (χ2v) is 4.46. The van der Waals surface area contributed by atoms with Gasteiger partial charge in [-0.15, -0.1) is 0 Å². The largest absolute Gasteiger partial charge is 0.298 e. The van der Waals surface area contributed by atoms with Crippen LogP contribution in [0.2, 0.25) is 0 Å². The Hall–Kier alpha value is -0.0400. The summed E-state index contributed by atoms with van der Waals surface area (Å²) in [6.07, 6.45) is 5.80. The Morgan fingerprint density at radius 3 is 2.82 bits per heavy atom. The second-order valence-electron chi connectivity index (χ2n) is 4.46. The maximum absolute atomic E-state index is 2.72. The van der Waals surface area contributed by atoms with Gasteiger partial charge in [-0.25, -0.2) is 0 Å². The Bertz CT molecular complexity index is 144. The number of fused-ring (bicyclic) bond motifs is 1. The Kier molecular flexibility index (Phi) is 1.92. The molecule has 0 aromatic carbocycles. The van der Waals surface area contributed by atoms with Crippen molar-refractivity contribution >= 4 is 0 Å². The summed E-state index contributed by atoms with van der Waals surface area (Å²) < 4.78 is 0. The van der Waals surface area contributed by atoms with Crippen molar-refractivity contribution in [2.24, 2.45) is 5.92 Å². The molecule has 2 heterocycles. The van der Waals surface area contributed by atoms with Crippen LogP contribution in [0.5, 0.6) is 0 Å². The van der Waals surface area contributed by atoms with Crippen molar-refractivity contribution in [2.45, 2.75) is 51.6 Å². The highest BCUT2D eigenvalue weighted by atomic mass is 15.2. The van der Waals surface area contributed by atoms with Crippen LogP contribution in [0.15, 0.2) is 0 Å². The molecule has 0 bridgehead atoms. The molecule has 0 radical (unpaired) electrons. The van der Waals surface area contributed by atoms with Crippen molar-refractivity contribution in [3.05, 3.63) is 0 Å². The topological polar surface area (TPSA) is 3.24 Å². The molecule has 2 aliphatic rings. The van der Waals surface area contributed by atoms with Crippen LogP contribution in [0, 0.1) is 5.92 Å². The maximum atomic E-state index is 2.72. The smallest absolute Gasteiger partial charge is 0.0101 e. The molecular formula is C10H19N. The van der Waals surface area contributed by atoms with Crippen molar-refractivity contribution in [1.29, 1.82) is 0 Å². The van der Waals surface area contributed by atoms with Gasteiger partial charge in [0.2, 0.25) is 0 Å². The lowest BCUT2D eigenvalue weighted by Crippen LogP contribution is -2.43. The first kappa shape index (κ1) is 7.60. The molecule has 2 fully saturated rings. The van der Waals surface area contributed by atoms with Gasteiger partial charge in [0.15, 0.2) is 0 Å². The highest BCUT2D eigenvalue weighted by Crippen LogP contribution is 2.33. The van der Waals surface area contributed by atoms with Crippen LogP contribution in [0.25, 0.3) is 0 Å². The zero-order valence-corrected chi connectivity index (χ0v) is 7.71. The van der Waals surface area contributed by atoms with E-state index >= 15 is 0 Å². The van der Waals surface area contributed by atoms with Crippen molar-refractivity contribution in [3.63, 3.8) is 0 Å². The molecule has 1 nitrogen and oxygen atoms in total. The molecule has 3 atom stereocenters. The van der Waals surface area contributed by atoms with Crippen LogP contribution in [0.3, 0.4) is 0 Å². The number of hydrogen-bond acceptors (Lipinski definition) is 1. The third-order valence-electron chi connectivity index (χ3n) is 3.41. The fraction of sp³-hybridized carbons (Fsp3) is 1.00. The van der Waals surface area contributed by atoms with E-state index in [1.54, 1.807) is 0 Å². The van der Waals surface area contributed by atoms with E-state index in [0.717, 1.165) is 18.0 Å². The van der Waals surface area contributed by atoms with Crippen molar-refractivity contribution < 1.29 is 0 Å². The van der Waals surface area contributed by atoms with Gasteiger partial charge in [-0.05, 0) is 45.1 Å². The highest BCUT2D eigenvalue weighted by Gasteiger charge is 2.34. The van der Waals surface area contributed by atoms with E-state index in [-0.39, 0.29) is 0 Å². The molecule has 2 aliphatic heterocycles. The zero-order valence-electron chi connectivity index (χ0n) is 7.71. The van der Waals surface area contributed by atoms with Gasteiger partial charge in [0.25, 0.3) is 0 Å². The van der Waals surface area contributed by atoms with Gasteiger partial charge in [-0.2, -0.15) is 0 Å². The molecule has 0 aromatic heterocycles. The molecule has 64 valence electrons. The average Bonchev–Trinajstić information content (AvgIpc) is 2.34. The van der Waals surface area contributed by atoms with Crippen LogP contribution in [0.4, 0.5) is 0 Å². The Morgan fingerprint density at radius 1 is 1.18 bits per heavy atom. The number of hydrogen-bond donors (Lipinski definition) is 0. The average molecular weight is 153 g/mol. The first-order valence-corrected chi connectivity index (χ1v) is 5.03. The molecule has 0 saturated carbocycles. The summed E-state index contributed by atoms with van der Waals surface area (Å²) >= 11 is 0. The lowest BCUT2D eigenvalue weighted by atomic mass is 9.89. The molecule has 11 heavy (non-hydrogen) atoms. The summed E-state index contributed by atoms with van der Waals surface area (Å²) in [6.45, 7) is 6.18. The van der Waals surface area contributed by atoms with E-state index < -0.39 is 0 Å². The molecule has 2 saturated heterocycles. The van der Waals surface area contributed by atoms with Gasteiger partial charge in [-0.3, -0.25) is 4.90 Å². The molecular weight excluding hydrogens is 134 g/mol. The minimum atomic E-state index is 0.867. The van der Waals surface area contributed by atoms with E-state index in [2.05, 4.69) is 18.7 Å². The molecule has 0 aromatic rings. The summed E-state index contributed by atoms with van der Waals surface area (Å²) in [5.41, 5.74) is 0. The molecule has 0 aliphatic carbocycles. The van der Waals surface area contributed by atoms with E-state index in [1.165, 1.54) is 32.2 Å². The fourth-order valence-electron chi connectivity index (χ4n) is 2.97. The molecule has 0 N–H and O–H groups in total.